The zero-order valence-electron chi connectivity index (χ0n) is 16.8. The highest BCUT2D eigenvalue weighted by molar-refractivity contribution is 5.17. The SMILES string of the molecule is C=C(CC1CCCC2=C(C1)[N+](C)(C)C(C(CC)CC)N2C)C1CC1. The van der Waals surface area contributed by atoms with Crippen LogP contribution in [0.4, 0.5) is 0 Å². The molecule has 1 fully saturated rings. The van der Waals surface area contributed by atoms with Crippen LogP contribution in [0, 0.1) is 17.8 Å². The maximum absolute atomic E-state index is 4.42. The zero-order chi connectivity index (χ0) is 17.5. The standard InChI is InChI=1S/C22H39N2/c1-7-18(8-2)22-23(4)20-11-9-10-17(14-16(3)19-12-13-19)15-21(20)24(22,5)6/h17-19,22H,3,7-15H2,1-2,4-6H3/q+1. The lowest BCUT2D eigenvalue weighted by molar-refractivity contribution is -0.887. The zero-order valence-corrected chi connectivity index (χ0v) is 16.8. The third-order valence-corrected chi connectivity index (χ3v) is 7.20. The molecule has 0 aromatic rings. The molecule has 1 saturated carbocycles. The van der Waals surface area contributed by atoms with E-state index < -0.39 is 0 Å². The van der Waals surface area contributed by atoms with E-state index in [-0.39, 0.29) is 0 Å². The van der Waals surface area contributed by atoms with Crippen LogP contribution in [-0.4, -0.2) is 36.7 Å². The molecule has 24 heavy (non-hydrogen) atoms. The Hall–Kier alpha value is -0.760. The molecule has 3 rings (SSSR count). The van der Waals surface area contributed by atoms with Crippen molar-refractivity contribution < 1.29 is 4.48 Å². The average Bonchev–Trinajstić information content (AvgIpc) is 3.35. The maximum Gasteiger partial charge on any atom is 0.171 e. The molecule has 0 amide bonds. The number of hydrogen-bond donors (Lipinski definition) is 0. The Morgan fingerprint density at radius 2 is 1.88 bits per heavy atom. The fourth-order valence-electron chi connectivity index (χ4n) is 5.65. The van der Waals surface area contributed by atoms with E-state index >= 15 is 0 Å². The summed E-state index contributed by atoms with van der Waals surface area (Å²) in [6, 6.07) is 0. The Bertz CT molecular complexity index is 508. The minimum absolute atomic E-state index is 0.635. The number of quaternary nitrogens is 1. The molecule has 0 aromatic carbocycles. The van der Waals surface area contributed by atoms with Crippen molar-refractivity contribution in [1.29, 1.82) is 0 Å². The predicted octanol–water partition coefficient (Wildman–Crippen LogP) is 5.53. The van der Waals surface area contributed by atoms with E-state index in [9.17, 15) is 0 Å². The topological polar surface area (TPSA) is 3.24 Å². The summed E-state index contributed by atoms with van der Waals surface area (Å²) in [5.41, 5.74) is 4.97. The molecule has 0 bridgehead atoms. The van der Waals surface area contributed by atoms with Gasteiger partial charge in [-0.3, -0.25) is 4.48 Å². The van der Waals surface area contributed by atoms with Crippen molar-refractivity contribution in [3.63, 3.8) is 0 Å². The summed E-state index contributed by atoms with van der Waals surface area (Å²) in [7, 11) is 7.31. The molecule has 1 aliphatic heterocycles. The van der Waals surface area contributed by atoms with Gasteiger partial charge in [-0.25, -0.2) is 0 Å². The summed E-state index contributed by atoms with van der Waals surface area (Å²) in [6.45, 7) is 9.15. The fourth-order valence-corrected chi connectivity index (χ4v) is 5.65. The van der Waals surface area contributed by atoms with Crippen molar-refractivity contribution >= 4 is 0 Å². The van der Waals surface area contributed by atoms with E-state index in [0.29, 0.717) is 6.17 Å². The maximum atomic E-state index is 4.42. The smallest absolute Gasteiger partial charge is 0.171 e. The largest absolute Gasteiger partial charge is 0.324 e. The molecule has 0 aromatic heterocycles. The summed E-state index contributed by atoms with van der Waals surface area (Å²) >= 11 is 0. The second-order valence-electron chi connectivity index (χ2n) is 9.13. The number of hydrogen-bond acceptors (Lipinski definition) is 1. The van der Waals surface area contributed by atoms with Crippen LogP contribution in [-0.2, 0) is 0 Å². The van der Waals surface area contributed by atoms with Crippen molar-refractivity contribution in [1.82, 2.24) is 4.90 Å². The lowest BCUT2D eigenvalue weighted by atomic mass is 9.89. The van der Waals surface area contributed by atoms with Gasteiger partial charge in [-0.1, -0.05) is 26.0 Å². The Morgan fingerprint density at radius 3 is 2.46 bits per heavy atom. The highest BCUT2D eigenvalue weighted by atomic mass is 15.5. The first kappa shape index (κ1) is 18.0. The van der Waals surface area contributed by atoms with E-state index in [4.69, 9.17) is 0 Å². The minimum atomic E-state index is 0.635. The molecule has 2 heteroatoms. The van der Waals surface area contributed by atoms with Crippen molar-refractivity contribution in [2.75, 3.05) is 21.1 Å². The Balaban J connectivity index is 1.79. The van der Waals surface area contributed by atoms with E-state index in [0.717, 1.165) is 22.2 Å². The van der Waals surface area contributed by atoms with Crippen molar-refractivity contribution in [2.24, 2.45) is 17.8 Å². The Labute approximate surface area is 150 Å². The normalized spacial score (nSPS) is 29.8. The van der Waals surface area contributed by atoms with Gasteiger partial charge in [0.05, 0.1) is 19.8 Å². The van der Waals surface area contributed by atoms with Crippen LogP contribution in [0.15, 0.2) is 23.5 Å². The van der Waals surface area contributed by atoms with Gasteiger partial charge >= 0.3 is 0 Å². The minimum Gasteiger partial charge on any atom is -0.324 e. The van der Waals surface area contributed by atoms with Crippen LogP contribution >= 0.6 is 0 Å². The molecule has 0 radical (unpaired) electrons. The van der Waals surface area contributed by atoms with Gasteiger partial charge in [0, 0.05) is 19.4 Å². The van der Waals surface area contributed by atoms with Crippen molar-refractivity contribution in [2.45, 2.75) is 77.8 Å². The van der Waals surface area contributed by atoms with Gasteiger partial charge in [-0.15, -0.1) is 0 Å². The average molecular weight is 332 g/mol. The molecule has 136 valence electrons. The highest BCUT2D eigenvalue weighted by Crippen LogP contribution is 2.47. The summed E-state index contributed by atoms with van der Waals surface area (Å²) < 4.78 is 1.10. The molecule has 2 atom stereocenters. The van der Waals surface area contributed by atoms with Gasteiger partial charge in [0.25, 0.3) is 0 Å². The number of allylic oxidation sites excluding steroid dienone is 3. The van der Waals surface area contributed by atoms with Gasteiger partial charge in [0.1, 0.15) is 5.70 Å². The number of nitrogens with zero attached hydrogens (tertiary/aromatic N) is 2. The monoisotopic (exact) mass is 331 g/mol. The lowest BCUT2D eigenvalue weighted by Gasteiger charge is -2.41. The summed E-state index contributed by atoms with van der Waals surface area (Å²) in [4.78, 5) is 2.67. The molecule has 0 spiro atoms. The highest BCUT2D eigenvalue weighted by Gasteiger charge is 2.49. The van der Waals surface area contributed by atoms with Crippen LogP contribution in [0.1, 0.15) is 71.6 Å². The molecule has 1 heterocycles. The van der Waals surface area contributed by atoms with E-state index in [1.807, 2.05) is 0 Å². The first-order chi connectivity index (χ1) is 11.4. The lowest BCUT2D eigenvalue weighted by Crippen LogP contribution is -2.53. The quantitative estimate of drug-likeness (QED) is 0.457. The second-order valence-corrected chi connectivity index (χ2v) is 9.13. The molecule has 3 aliphatic rings. The van der Waals surface area contributed by atoms with E-state index in [1.165, 1.54) is 57.8 Å². The third-order valence-electron chi connectivity index (χ3n) is 7.20. The molecule has 2 nitrogen and oxygen atoms in total. The van der Waals surface area contributed by atoms with Crippen LogP contribution in [0.2, 0.25) is 0 Å². The van der Waals surface area contributed by atoms with Crippen LogP contribution in [0.3, 0.4) is 0 Å². The third kappa shape index (κ3) is 3.19. The van der Waals surface area contributed by atoms with E-state index in [2.05, 4.69) is 46.5 Å². The van der Waals surface area contributed by atoms with Crippen LogP contribution < -0.4 is 0 Å². The van der Waals surface area contributed by atoms with Gasteiger partial charge in [0.15, 0.2) is 6.17 Å². The molecular formula is C22H39N2+. The molecular weight excluding hydrogens is 292 g/mol. The summed E-state index contributed by atoms with van der Waals surface area (Å²) in [5, 5.41) is 0. The molecule has 0 N–H and O–H groups in total. The first-order valence-corrected chi connectivity index (χ1v) is 10.4. The Kier molecular flexibility index (Phi) is 5.16. The van der Waals surface area contributed by atoms with E-state index in [1.54, 1.807) is 17.0 Å². The fraction of sp³-hybridized carbons (Fsp3) is 0.818. The Morgan fingerprint density at radius 1 is 1.21 bits per heavy atom. The van der Waals surface area contributed by atoms with Crippen molar-refractivity contribution in [3.05, 3.63) is 23.5 Å². The van der Waals surface area contributed by atoms with Gasteiger partial charge in [-0.2, -0.15) is 0 Å². The molecule has 2 unspecified atom stereocenters. The summed E-state index contributed by atoms with van der Waals surface area (Å²) in [5.74, 6) is 2.49. The van der Waals surface area contributed by atoms with Gasteiger partial charge < -0.3 is 4.90 Å². The van der Waals surface area contributed by atoms with Crippen LogP contribution in [0.5, 0.6) is 0 Å². The summed E-state index contributed by atoms with van der Waals surface area (Å²) in [6.07, 6.45) is 12.6. The number of rotatable bonds is 6. The van der Waals surface area contributed by atoms with Crippen molar-refractivity contribution in [3.8, 4) is 0 Å². The van der Waals surface area contributed by atoms with Crippen LogP contribution in [0.25, 0.3) is 0 Å². The second kappa shape index (κ2) is 6.86. The van der Waals surface area contributed by atoms with Gasteiger partial charge in [-0.05, 0) is 63.2 Å². The molecule has 0 saturated heterocycles. The first-order valence-electron chi connectivity index (χ1n) is 10.4. The van der Waals surface area contributed by atoms with Gasteiger partial charge in [0.2, 0.25) is 0 Å². The predicted molar refractivity (Wildman–Crippen MR) is 103 cm³/mol. The molecule has 2 aliphatic carbocycles.